The Balaban J connectivity index is 1.70. The molecule has 2 aliphatic rings. The lowest BCUT2D eigenvalue weighted by atomic mass is 10.2. The van der Waals surface area contributed by atoms with E-state index in [0.29, 0.717) is 0 Å². The minimum atomic E-state index is 0.820. The fourth-order valence-corrected chi connectivity index (χ4v) is 3.42. The van der Waals surface area contributed by atoms with Crippen LogP contribution < -0.4 is 5.32 Å². The van der Waals surface area contributed by atoms with Crippen molar-refractivity contribution in [3.8, 4) is 0 Å². The Morgan fingerprint density at radius 1 is 1.18 bits per heavy atom. The summed E-state index contributed by atoms with van der Waals surface area (Å²) in [4.78, 5) is 0. The van der Waals surface area contributed by atoms with Gasteiger partial charge >= 0.3 is 0 Å². The van der Waals surface area contributed by atoms with Gasteiger partial charge in [0.2, 0.25) is 0 Å². The molecule has 2 heterocycles. The van der Waals surface area contributed by atoms with Gasteiger partial charge in [0.15, 0.2) is 0 Å². The van der Waals surface area contributed by atoms with E-state index in [1.807, 2.05) is 0 Å². The van der Waals surface area contributed by atoms with E-state index in [1.54, 1.807) is 0 Å². The predicted molar refractivity (Wildman–Crippen MR) is 54.6 cm³/mol. The van der Waals surface area contributed by atoms with Gasteiger partial charge in [-0.3, -0.25) is 0 Å². The van der Waals surface area contributed by atoms with Crippen molar-refractivity contribution in [3.63, 3.8) is 0 Å². The van der Waals surface area contributed by atoms with Crippen LogP contribution in [-0.2, 0) is 0 Å². The molecule has 0 aliphatic carbocycles. The summed E-state index contributed by atoms with van der Waals surface area (Å²) in [6, 6.07) is 1.66. The second kappa shape index (κ2) is 3.58. The molecule has 0 aromatic heterocycles. The molecule has 2 aliphatic heterocycles. The Morgan fingerprint density at radius 3 is 2.45 bits per heavy atom. The summed E-state index contributed by atoms with van der Waals surface area (Å²) in [5, 5.41) is 4.59. The van der Waals surface area contributed by atoms with Crippen molar-refractivity contribution in [3.05, 3.63) is 0 Å². The van der Waals surface area contributed by atoms with Crippen molar-refractivity contribution in [1.29, 1.82) is 0 Å². The molecule has 0 bridgehead atoms. The molecule has 0 aromatic carbocycles. The molecule has 2 fully saturated rings. The van der Waals surface area contributed by atoms with E-state index in [1.165, 1.54) is 23.7 Å². The first kappa shape index (κ1) is 8.27. The second-order valence-electron chi connectivity index (χ2n) is 3.48. The molecule has 0 spiro atoms. The zero-order chi connectivity index (χ0) is 7.68. The van der Waals surface area contributed by atoms with E-state index < -0.39 is 0 Å². The summed E-state index contributed by atoms with van der Waals surface area (Å²) in [6.07, 6.45) is 1.38. The van der Waals surface area contributed by atoms with Gasteiger partial charge in [-0.25, -0.2) is 0 Å². The lowest BCUT2D eigenvalue weighted by molar-refractivity contribution is 0.481. The van der Waals surface area contributed by atoms with Crippen LogP contribution >= 0.6 is 23.5 Å². The van der Waals surface area contributed by atoms with Crippen LogP contribution in [0.2, 0.25) is 0 Å². The molecule has 0 amide bonds. The Kier molecular flexibility index (Phi) is 2.69. The van der Waals surface area contributed by atoms with E-state index in [-0.39, 0.29) is 0 Å². The molecule has 2 atom stereocenters. The lowest BCUT2D eigenvalue weighted by Gasteiger charge is -2.29. The Morgan fingerprint density at radius 2 is 2.00 bits per heavy atom. The lowest BCUT2D eigenvalue weighted by Crippen LogP contribution is -2.46. The topological polar surface area (TPSA) is 12.0 Å². The van der Waals surface area contributed by atoms with E-state index in [9.17, 15) is 0 Å². The van der Waals surface area contributed by atoms with E-state index in [0.717, 1.165) is 17.3 Å². The minimum absolute atomic E-state index is 0.820. The SMILES string of the molecule is CC1CC(NC2CSC2)CS1. The highest BCUT2D eigenvalue weighted by Crippen LogP contribution is 2.27. The summed E-state index contributed by atoms with van der Waals surface area (Å²) in [6.45, 7) is 2.34. The first-order valence-electron chi connectivity index (χ1n) is 4.30. The molecule has 64 valence electrons. The monoisotopic (exact) mass is 189 g/mol. The molecule has 0 saturated carbocycles. The highest BCUT2D eigenvalue weighted by atomic mass is 32.2. The fourth-order valence-electron chi connectivity index (χ4n) is 1.60. The molecular weight excluding hydrogens is 174 g/mol. The van der Waals surface area contributed by atoms with Gasteiger partial charge in [0.05, 0.1) is 0 Å². The number of thioether (sulfide) groups is 2. The highest BCUT2D eigenvalue weighted by Gasteiger charge is 2.26. The van der Waals surface area contributed by atoms with Crippen LogP contribution in [0.3, 0.4) is 0 Å². The minimum Gasteiger partial charge on any atom is -0.309 e. The van der Waals surface area contributed by atoms with E-state index in [4.69, 9.17) is 0 Å². The standard InChI is InChI=1S/C8H15NS2/c1-6-2-7(5-11-6)9-8-3-10-4-8/h6-9H,2-5H2,1H3. The maximum Gasteiger partial charge on any atom is 0.0251 e. The van der Waals surface area contributed by atoms with Gasteiger partial charge in [-0.1, -0.05) is 6.92 Å². The van der Waals surface area contributed by atoms with Crippen molar-refractivity contribution >= 4 is 23.5 Å². The van der Waals surface area contributed by atoms with Crippen molar-refractivity contribution in [1.82, 2.24) is 5.32 Å². The molecule has 11 heavy (non-hydrogen) atoms. The van der Waals surface area contributed by atoms with Crippen LogP contribution in [-0.4, -0.2) is 34.6 Å². The molecule has 1 nitrogen and oxygen atoms in total. The summed E-state index contributed by atoms with van der Waals surface area (Å²) in [5.74, 6) is 4.02. The summed E-state index contributed by atoms with van der Waals surface area (Å²) in [7, 11) is 0. The molecule has 2 unspecified atom stereocenters. The molecule has 1 N–H and O–H groups in total. The zero-order valence-electron chi connectivity index (χ0n) is 6.88. The van der Waals surface area contributed by atoms with Crippen molar-refractivity contribution in [2.24, 2.45) is 0 Å². The van der Waals surface area contributed by atoms with Crippen LogP contribution in [0, 0.1) is 0 Å². The molecular formula is C8H15NS2. The normalized spacial score (nSPS) is 39.0. The van der Waals surface area contributed by atoms with Crippen LogP contribution in [0.15, 0.2) is 0 Å². The van der Waals surface area contributed by atoms with Crippen molar-refractivity contribution in [2.45, 2.75) is 30.7 Å². The van der Waals surface area contributed by atoms with E-state index in [2.05, 4.69) is 35.8 Å². The van der Waals surface area contributed by atoms with Gasteiger partial charge in [-0.15, -0.1) is 0 Å². The third-order valence-electron chi connectivity index (χ3n) is 2.31. The first-order chi connectivity index (χ1) is 5.34. The van der Waals surface area contributed by atoms with Crippen molar-refractivity contribution in [2.75, 3.05) is 17.3 Å². The fraction of sp³-hybridized carbons (Fsp3) is 1.00. The number of hydrogen-bond acceptors (Lipinski definition) is 3. The number of nitrogens with one attached hydrogen (secondary N) is 1. The Labute approximate surface area is 77.1 Å². The molecule has 0 aromatic rings. The quantitative estimate of drug-likeness (QED) is 0.708. The van der Waals surface area contributed by atoms with Gasteiger partial charge in [0, 0.05) is 34.6 Å². The van der Waals surface area contributed by atoms with Crippen LogP contribution in [0.25, 0.3) is 0 Å². The van der Waals surface area contributed by atoms with E-state index >= 15 is 0 Å². The number of hydrogen-bond donors (Lipinski definition) is 1. The Bertz CT molecular complexity index is 136. The predicted octanol–water partition coefficient (Wildman–Crippen LogP) is 1.59. The summed E-state index contributed by atoms with van der Waals surface area (Å²) in [5.41, 5.74) is 0. The first-order valence-corrected chi connectivity index (χ1v) is 6.50. The van der Waals surface area contributed by atoms with Gasteiger partial charge in [0.25, 0.3) is 0 Å². The average molecular weight is 189 g/mol. The van der Waals surface area contributed by atoms with Crippen LogP contribution in [0.5, 0.6) is 0 Å². The van der Waals surface area contributed by atoms with Crippen LogP contribution in [0.4, 0.5) is 0 Å². The van der Waals surface area contributed by atoms with Gasteiger partial charge in [-0.2, -0.15) is 23.5 Å². The second-order valence-corrected chi connectivity index (χ2v) is 6.02. The summed E-state index contributed by atoms with van der Waals surface area (Å²) < 4.78 is 0. The van der Waals surface area contributed by atoms with Gasteiger partial charge < -0.3 is 5.32 Å². The Hall–Kier alpha value is 0.660. The third kappa shape index (κ3) is 2.07. The molecule has 0 radical (unpaired) electrons. The zero-order valence-corrected chi connectivity index (χ0v) is 8.51. The van der Waals surface area contributed by atoms with Gasteiger partial charge in [-0.05, 0) is 6.42 Å². The molecule has 2 saturated heterocycles. The average Bonchev–Trinajstić information content (AvgIpc) is 2.27. The molecule has 2 rings (SSSR count). The van der Waals surface area contributed by atoms with Crippen molar-refractivity contribution < 1.29 is 0 Å². The largest absolute Gasteiger partial charge is 0.309 e. The molecule has 3 heteroatoms. The number of rotatable bonds is 2. The van der Waals surface area contributed by atoms with Crippen LogP contribution in [0.1, 0.15) is 13.3 Å². The maximum atomic E-state index is 3.70. The van der Waals surface area contributed by atoms with Gasteiger partial charge in [0.1, 0.15) is 0 Å². The smallest absolute Gasteiger partial charge is 0.0251 e. The highest BCUT2D eigenvalue weighted by molar-refractivity contribution is 8.00. The third-order valence-corrected chi connectivity index (χ3v) is 4.94. The maximum absolute atomic E-state index is 3.70. The summed E-state index contributed by atoms with van der Waals surface area (Å²) >= 11 is 4.17.